The number of hydrogen-bond acceptors (Lipinski definition) is 5. The summed E-state index contributed by atoms with van der Waals surface area (Å²) in [5, 5.41) is 1.57. The highest BCUT2D eigenvalue weighted by Crippen LogP contribution is 2.35. The molecule has 0 amide bonds. The van der Waals surface area contributed by atoms with Crippen LogP contribution >= 0.6 is 11.3 Å². The molecule has 136 valence electrons. The number of benzene rings is 1. The molecule has 0 fully saturated rings. The van der Waals surface area contributed by atoms with Gasteiger partial charge in [0.05, 0.1) is 18.3 Å². The van der Waals surface area contributed by atoms with Gasteiger partial charge in [0.1, 0.15) is 10.4 Å². The summed E-state index contributed by atoms with van der Waals surface area (Å²) < 4.78 is 7.04. The first kappa shape index (κ1) is 16.4. The summed E-state index contributed by atoms with van der Waals surface area (Å²) >= 11 is 1.62. The first-order valence-electron chi connectivity index (χ1n) is 9.11. The van der Waals surface area contributed by atoms with E-state index in [1.165, 1.54) is 15.8 Å². The van der Waals surface area contributed by atoms with Crippen molar-refractivity contribution in [3.63, 3.8) is 0 Å². The number of thiophene rings is 1. The van der Waals surface area contributed by atoms with Crippen molar-refractivity contribution in [2.45, 2.75) is 32.7 Å². The van der Waals surface area contributed by atoms with E-state index in [1.54, 1.807) is 17.4 Å². The van der Waals surface area contributed by atoms with Gasteiger partial charge in [0.2, 0.25) is 5.78 Å². The van der Waals surface area contributed by atoms with Crippen molar-refractivity contribution in [1.82, 2.24) is 9.55 Å². The van der Waals surface area contributed by atoms with Gasteiger partial charge in [-0.15, -0.1) is 11.3 Å². The Kier molecular flexibility index (Phi) is 3.75. The Bertz CT molecular complexity index is 1210. The van der Waals surface area contributed by atoms with E-state index in [2.05, 4.69) is 11.9 Å². The average Bonchev–Trinajstić information content (AvgIpc) is 3.25. The summed E-state index contributed by atoms with van der Waals surface area (Å²) in [4.78, 5) is 32.2. The molecule has 3 heterocycles. The van der Waals surface area contributed by atoms with Gasteiger partial charge in [0.25, 0.3) is 5.56 Å². The van der Waals surface area contributed by atoms with Gasteiger partial charge in [-0.3, -0.25) is 14.2 Å². The maximum Gasteiger partial charge on any atom is 0.262 e. The molecule has 0 aliphatic heterocycles. The van der Waals surface area contributed by atoms with E-state index in [4.69, 9.17) is 4.42 Å². The highest BCUT2D eigenvalue weighted by atomic mass is 32.1. The molecule has 0 bridgehead atoms. The summed E-state index contributed by atoms with van der Waals surface area (Å²) in [6.45, 7) is 2.17. The number of aryl methyl sites for hydroxylation is 1. The SMILES string of the molecule is CC1CCc2c(sc3ncn(CC(=O)c4cc5ccccc5o4)c(=O)c23)C1. The summed E-state index contributed by atoms with van der Waals surface area (Å²) in [6, 6.07) is 9.21. The van der Waals surface area contributed by atoms with E-state index in [-0.39, 0.29) is 23.6 Å². The molecule has 3 aromatic heterocycles. The molecule has 1 aliphatic rings. The maximum absolute atomic E-state index is 13.0. The lowest BCUT2D eigenvalue weighted by Gasteiger charge is -2.17. The smallest absolute Gasteiger partial charge is 0.262 e. The summed E-state index contributed by atoms with van der Waals surface area (Å²) in [5.41, 5.74) is 1.68. The number of furan rings is 1. The zero-order valence-electron chi connectivity index (χ0n) is 14.9. The number of nitrogens with zero attached hydrogens (tertiary/aromatic N) is 2. The Labute approximate surface area is 159 Å². The molecule has 27 heavy (non-hydrogen) atoms. The Balaban J connectivity index is 1.52. The highest BCUT2D eigenvalue weighted by Gasteiger charge is 2.24. The zero-order valence-corrected chi connectivity index (χ0v) is 15.7. The molecule has 1 aliphatic carbocycles. The predicted octanol–water partition coefficient (Wildman–Crippen LogP) is 4.21. The molecule has 5 rings (SSSR count). The van der Waals surface area contributed by atoms with Crippen LogP contribution < -0.4 is 5.56 Å². The number of hydrogen-bond donors (Lipinski definition) is 0. The van der Waals surface area contributed by atoms with Crippen molar-refractivity contribution in [2.24, 2.45) is 5.92 Å². The lowest BCUT2D eigenvalue weighted by molar-refractivity contribution is 0.0945. The van der Waals surface area contributed by atoms with E-state index in [0.29, 0.717) is 16.9 Å². The number of aromatic nitrogens is 2. The number of fused-ring (bicyclic) bond motifs is 4. The van der Waals surface area contributed by atoms with Crippen LogP contribution in [0.25, 0.3) is 21.2 Å². The minimum atomic E-state index is -0.229. The summed E-state index contributed by atoms with van der Waals surface area (Å²) in [7, 11) is 0. The Hall–Kier alpha value is -2.73. The predicted molar refractivity (Wildman–Crippen MR) is 106 cm³/mol. The van der Waals surface area contributed by atoms with E-state index in [1.807, 2.05) is 24.3 Å². The average molecular weight is 378 g/mol. The molecule has 0 radical (unpaired) electrons. The van der Waals surface area contributed by atoms with Crippen LogP contribution in [0.15, 0.2) is 45.9 Å². The molecular weight excluding hydrogens is 360 g/mol. The second-order valence-electron chi connectivity index (χ2n) is 7.28. The maximum atomic E-state index is 13.0. The third-order valence-electron chi connectivity index (χ3n) is 5.30. The lowest BCUT2D eigenvalue weighted by atomic mass is 9.89. The van der Waals surface area contributed by atoms with Crippen LogP contribution in [0.3, 0.4) is 0 Å². The van der Waals surface area contributed by atoms with Crippen molar-refractivity contribution in [2.75, 3.05) is 0 Å². The molecule has 0 saturated heterocycles. The lowest BCUT2D eigenvalue weighted by Crippen LogP contribution is -2.25. The van der Waals surface area contributed by atoms with Crippen LogP contribution in [0.1, 0.15) is 34.3 Å². The molecule has 1 aromatic carbocycles. The van der Waals surface area contributed by atoms with Gasteiger partial charge in [-0.1, -0.05) is 25.1 Å². The van der Waals surface area contributed by atoms with Gasteiger partial charge in [0, 0.05) is 10.3 Å². The van der Waals surface area contributed by atoms with Crippen LogP contribution in [0.4, 0.5) is 0 Å². The molecule has 1 atom stereocenters. The third-order valence-corrected chi connectivity index (χ3v) is 6.46. The Morgan fingerprint density at radius 3 is 3.07 bits per heavy atom. The van der Waals surface area contributed by atoms with E-state index >= 15 is 0 Å². The number of para-hydroxylation sites is 1. The number of ketones is 1. The molecular formula is C21H18N2O3S. The minimum absolute atomic E-state index is 0.0668. The van der Waals surface area contributed by atoms with Crippen LogP contribution in [-0.2, 0) is 19.4 Å². The topological polar surface area (TPSA) is 65.1 Å². The quantitative estimate of drug-likeness (QED) is 0.501. The van der Waals surface area contributed by atoms with Gasteiger partial charge < -0.3 is 4.42 Å². The monoisotopic (exact) mass is 378 g/mol. The fourth-order valence-electron chi connectivity index (χ4n) is 3.83. The fourth-order valence-corrected chi connectivity index (χ4v) is 5.17. The van der Waals surface area contributed by atoms with Crippen LogP contribution in [0.5, 0.6) is 0 Å². The normalized spacial score (nSPS) is 16.7. The molecule has 0 saturated carbocycles. The standard InChI is InChI=1S/C21H18N2O3S/c1-12-6-7-14-18(8-12)27-20-19(14)21(25)23(11-22-20)10-15(24)17-9-13-4-2-3-5-16(13)26-17/h2-5,9,11-12H,6-8,10H2,1H3. The molecule has 0 spiro atoms. The van der Waals surface area contributed by atoms with Gasteiger partial charge in [-0.25, -0.2) is 4.98 Å². The Morgan fingerprint density at radius 1 is 1.37 bits per heavy atom. The van der Waals surface area contributed by atoms with E-state index < -0.39 is 0 Å². The molecule has 6 heteroatoms. The molecule has 0 N–H and O–H groups in total. The largest absolute Gasteiger partial charge is 0.453 e. The van der Waals surface area contributed by atoms with Crippen molar-refractivity contribution in [3.05, 3.63) is 63.2 Å². The van der Waals surface area contributed by atoms with Crippen LogP contribution in [0.2, 0.25) is 0 Å². The summed E-state index contributed by atoms with van der Waals surface area (Å²) in [6.07, 6.45) is 4.49. The van der Waals surface area contributed by atoms with E-state index in [0.717, 1.165) is 35.0 Å². The number of rotatable bonds is 3. The molecule has 5 nitrogen and oxygen atoms in total. The van der Waals surface area contributed by atoms with Crippen LogP contribution in [-0.4, -0.2) is 15.3 Å². The first-order valence-corrected chi connectivity index (χ1v) is 9.93. The van der Waals surface area contributed by atoms with Gasteiger partial charge >= 0.3 is 0 Å². The van der Waals surface area contributed by atoms with Gasteiger partial charge in [0.15, 0.2) is 5.76 Å². The van der Waals surface area contributed by atoms with Crippen LogP contribution in [0, 0.1) is 5.92 Å². The number of carbonyl (C=O) groups is 1. The van der Waals surface area contributed by atoms with Gasteiger partial charge in [-0.05, 0) is 42.9 Å². The Morgan fingerprint density at radius 2 is 2.22 bits per heavy atom. The second kappa shape index (κ2) is 6.16. The highest BCUT2D eigenvalue weighted by molar-refractivity contribution is 7.18. The van der Waals surface area contributed by atoms with Crippen molar-refractivity contribution in [3.8, 4) is 0 Å². The van der Waals surface area contributed by atoms with Crippen molar-refractivity contribution in [1.29, 1.82) is 0 Å². The molecule has 1 unspecified atom stereocenters. The third kappa shape index (κ3) is 2.72. The minimum Gasteiger partial charge on any atom is -0.453 e. The second-order valence-corrected chi connectivity index (χ2v) is 8.36. The number of Topliss-reactive ketones (excluding diaryl/α,β-unsaturated/α-hetero) is 1. The zero-order chi connectivity index (χ0) is 18.5. The van der Waals surface area contributed by atoms with E-state index in [9.17, 15) is 9.59 Å². The molecule has 4 aromatic rings. The van der Waals surface area contributed by atoms with Crippen molar-refractivity contribution < 1.29 is 9.21 Å². The van der Waals surface area contributed by atoms with Crippen molar-refractivity contribution >= 4 is 38.3 Å². The summed E-state index contributed by atoms with van der Waals surface area (Å²) in [5.74, 6) is 0.680. The van der Waals surface area contributed by atoms with Gasteiger partial charge in [-0.2, -0.15) is 0 Å². The number of carbonyl (C=O) groups excluding carboxylic acids is 1. The first-order chi connectivity index (χ1) is 13.1. The fraction of sp³-hybridized carbons (Fsp3) is 0.286.